The van der Waals surface area contributed by atoms with Crippen LogP contribution in [0, 0.1) is 5.92 Å². The van der Waals surface area contributed by atoms with Gasteiger partial charge in [0, 0.05) is 15.9 Å². The summed E-state index contributed by atoms with van der Waals surface area (Å²) in [6, 6.07) is 37.7. The first-order chi connectivity index (χ1) is 26.2. The van der Waals surface area contributed by atoms with E-state index < -0.39 is 5.41 Å². The molecule has 0 spiro atoms. The van der Waals surface area contributed by atoms with Crippen LogP contribution in [0.1, 0.15) is 59.7 Å². The molecule has 1 aliphatic rings. The third-order valence-electron chi connectivity index (χ3n) is 10.3. The highest BCUT2D eigenvalue weighted by Crippen LogP contribution is 2.40. The Morgan fingerprint density at radius 2 is 0.963 bits per heavy atom. The summed E-state index contributed by atoms with van der Waals surface area (Å²) in [5.74, 6) is 2.29. The Morgan fingerprint density at radius 3 is 1.41 bits per heavy atom. The van der Waals surface area contributed by atoms with Crippen molar-refractivity contribution in [1.82, 2.24) is 15.0 Å². The molecule has 1 aliphatic carbocycles. The van der Waals surface area contributed by atoms with E-state index in [0.29, 0.717) is 29.8 Å². The van der Waals surface area contributed by atoms with Crippen molar-refractivity contribution in [3.8, 4) is 45.0 Å². The highest BCUT2D eigenvalue weighted by molar-refractivity contribution is 7.82. The van der Waals surface area contributed by atoms with Crippen LogP contribution >= 0.6 is 12.6 Å². The molecule has 0 aliphatic heterocycles. The number of rotatable bonds is 7. The average molecular weight is 728 g/mol. The van der Waals surface area contributed by atoms with Gasteiger partial charge in [-0.3, -0.25) is 0 Å². The Labute approximate surface area is 329 Å². The van der Waals surface area contributed by atoms with Crippen LogP contribution < -0.4 is 0 Å². The van der Waals surface area contributed by atoms with Crippen LogP contribution in [-0.4, -0.2) is 19.7 Å². The second-order valence-electron chi connectivity index (χ2n) is 13.7. The molecule has 0 amide bonds. The molecule has 2 unspecified atom stereocenters. The fourth-order valence-corrected chi connectivity index (χ4v) is 6.87. The van der Waals surface area contributed by atoms with Crippen LogP contribution in [0.25, 0.3) is 45.0 Å². The molecule has 1 heterocycles. The normalized spacial score (nSPS) is 21.3. The van der Waals surface area contributed by atoms with Crippen molar-refractivity contribution in [1.29, 1.82) is 0 Å². The Morgan fingerprint density at radius 1 is 0.556 bits per heavy atom. The third kappa shape index (κ3) is 9.06. The molecule has 1 aromatic heterocycles. The summed E-state index contributed by atoms with van der Waals surface area (Å²) in [6.07, 6.45) is 19.0. The van der Waals surface area contributed by atoms with Gasteiger partial charge in [-0.05, 0) is 58.6 Å². The SMILES string of the molecule is C=C1/C=C\C=C/CC(S)(C(C)C)C(=C)/C=C\C=C/CC1(CC)c1nc(-c2ccc(-c3ccccc3)cc2)nc(-c2ccc(-c3ccccc3)cc2)n1.CC. The fourth-order valence-electron chi connectivity index (χ4n) is 6.69. The van der Waals surface area contributed by atoms with E-state index in [4.69, 9.17) is 27.6 Å². The van der Waals surface area contributed by atoms with E-state index in [1.807, 2.05) is 26.0 Å². The molecule has 0 radical (unpaired) electrons. The molecular formula is C50H53N3S. The summed E-state index contributed by atoms with van der Waals surface area (Å²) in [6.45, 7) is 19.6. The number of aromatic nitrogens is 3. The van der Waals surface area contributed by atoms with Crippen LogP contribution in [0.15, 0.2) is 182 Å². The number of thiol groups is 1. The predicted octanol–water partition coefficient (Wildman–Crippen LogP) is 13.7. The molecule has 54 heavy (non-hydrogen) atoms. The van der Waals surface area contributed by atoms with Crippen LogP contribution in [-0.2, 0) is 5.41 Å². The molecule has 0 saturated carbocycles. The smallest absolute Gasteiger partial charge is 0.163 e. The predicted molar refractivity (Wildman–Crippen MR) is 236 cm³/mol. The highest BCUT2D eigenvalue weighted by Gasteiger charge is 2.36. The Balaban J connectivity index is 0.00000276. The monoisotopic (exact) mass is 727 g/mol. The van der Waals surface area contributed by atoms with Gasteiger partial charge in [-0.25, -0.2) is 15.0 Å². The van der Waals surface area contributed by atoms with Gasteiger partial charge in [-0.1, -0.05) is 206 Å². The van der Waals surface area contributed by atoms with E-state index in [-0.39, 0.29) is 4.75 Å². The summed E-state index contributed by atoms with van der Waals surface area (Å²) in [5, 5.41) is 0. The van der Waals surface area contributed by atoms with Crippen LogP contribution in [0.2, 0.25) is 0 Å². The number of benzene rings is 4. The quantitative estimate of drug-likeness (QED) is 0.170. The van der Waals surface area contributed by atoms with Crippen molar-refractivity contribution in [2.75, 3.05) is 0 Å². The standard InChI is InChI=1S/C48H47N3S.C2H6/c1-6-47(33-17-9-12-20-37(5)48(52,35(2)3)34-18-10-11-19-36(47)4)46-50-44(42-29-25-40(26-30-42)38-21-13-7-14-22-38)49-45(51-46)43-31-27-41(28-32-43)39-23-15-8-16-24-39;1-2/h7-32,35,52H,4-6,33-34H2,1-3H3;1-2H3/b17-9-,18-10-,19-11-,20-12-;. The lowest BCUT2D eigenvalue weighted by atomic mass is 9.74. The van der Waals surface area contributed by atoms with Gasteiger partial charge in [-0.2, -0.15) is 12.6 Å². The number of allylic oxidation sites excluding steroid dienone is 9. The molecule has 0 N–H and O–H groups in total. The minimum absolute atomic E-state index is 0.317. The first kappa shape index (κ1) is 39.9. The summed E-state index contributed by atoms with van der Waals surface area (Å²) in [4.78, 5) is 15.6. The zero-order valence-electron chi connectivity index (χ0n) is 32.4. The van der Waals surface area contributed by atoms with Gasteiger partial charge in [0.2, 0.25) is 0 Å². The maximum atomic E-state index is 5.26. The number of hydrogen-bond donors (Lipinski definition) is 1. The van der Waals surface area contributed by atoms with Gasteiger partial charge >= 0.3 is 0 Å². The van der Waals surface area contributed by atoms with Crippen LogP contribution in [0.4, 0.5) is 0 Å². The summed E-state index contributed by atoms with van der Waals surface area (Å²) >= 11 is 5.09. The van der Waals surface area contributed by atoms with Crippen LogP contribution in [0.3, 0.4) is 0 Å². The molecule has 0 fully saturated rings. The van der Waals surface area contributed by atoms with Crippen molar-refractivity contribution >= 4 is 12.6 Å². The first-order valence-electron chi connectivity index (χ1n) is 19.1. The lowest BCUT2D eigenvalue weighted by Crippen LogP contribution is -2.30. The number of hydrogen-bond acceptors (Lipinski definition) is 4. The van der Waals surface area contributed by atoms with Crippen molar-refractivity contribution in [2.45, 2.75) is 64.0 Å². The minimum atomic E-state index is -0.582. The van der Waals surface area contributed by atoms with Gasteiger partial charge in [0.1, 0.15) is 5.82 Å². The summed E-state index contributed by atoms with van der Waals surface area (Å²) < 4.78 is -0.334. The molecule has 6 rings (SSSR count). The Hall–Kier alpha value is -5.32. The second kappa shape index (κ2) is 18.6. The molecule has 0 bridgehead atoms. The van der Waals surface area contributed by atoms with E-state index in [1.165, 1.54) is 11.1 Å². The topological polar surface area (TPSA) is 38.7 Å². The van der Waals surface area contributed by atoms with E-state index >= 15 is 0 Å². The Bertz CT molecular complexity index is 2020. The largest absolute Gasteiger partial charge is 0.212 e. The molecule has 2 atom stereocenters. The van der Waals surface area contributed by atoms with Crippen molar-refractivity contribution < 1.29 is 0 Å². The minimum Gasteiger partial charge on any atom is -0.212 e. The highest BCUT2D eigenvalue weighted by atomic mass is 32.1. The zero-order chi connectivity index (χ0) is 38.6. The van der Waals surface area contributed by atoms with E-state index in [9.17, 15) is 0 Å². The van der Waals surface area contributed by atoms with E-state index in [2.05, 4.69) is 180 Å². The molecular weight excluding hydrogens is 675 g/mol. The zero-order valence-corrected chi connectivity index (χ0v) is 33.3. The van der Waals surface area contributed by atoms with Gasteiger partial charge in [0.05, 0.1) is 5.41 Å². The second-order valence-corrected chi connectivity index (χ2v) is 14.5. The summed E-state index contributed by atoms with van der Waals surface area (Å²) in [7, 11) is 0. The van der Waals surface area contributed by atoms with Gasteiger partial charge in [0.25, 0.3) is 0 Å². The van der Waals surface area contributed by atoms with Gasteiger partial charge in [0.15, 0.2) is 11.6 Å². The van der Waals surface area contributed by atoms with Gasteiger partial charge in [-0.15, -0.1) is 0 Å². The maximum Gasteiger partial charge on any atom is 0.163 e. The lowest BCUT2D eigenvalue weighted by Gasteiger charge is -2.33. The third-order valence-corrected chi connectivity index (χ3v) is 11.3. The first-order valence-corrected chi connectivity index (χ1v) is 19.5. The molecule has 0 saturated heterocycles. The van der Waals surface area contributed by atoms with Crippen molar-refractivity contribution in [3.63, 3.8) is 0 Å². The fraction of sp³-hybridized carbons (Fsp3) is 0.220. The lowest BCUT2D eigenvalue weighted by molar-refractivity contribution is 0.469. The molecule has 274 valence electrons. The van der Waals surface area contributed by atoms with Crippen molar-refractivity contribution in [2.24, 2.45) is 5.92 Å². The number of nitrogens with zero attached hydrogens (tertiary/aromatic N) is 3. The van der Waals surface area contributed by atoms with E-state index in [0.717, 1.165) is 46.2 Å². The van der Waals surface area contributed by atoms with E-state index in [1.54, 1.807) is 0 Å². The molecule has 4 aromatic carbocycles. The molecule has 4 heteroatoms. The van der Waals surface area contributed by atoms with Crippen molar-refractivity contribution in [3.05, 3.63) is 188 Å². The summed E-state index contributed by atoms with van der Waals surface area (Å²) in [5.41, 5.74) is 7.83. The van der Waals surface area contributed by atoms with Crippen LogP contribution in [0.5, 0.6) is 0 Å². The Kier molecular flexibility index (Phi) is 13.8. The van der Waals surface area contributed by atoms with Gasteiger partial charge < -0.3 is 0 Å². The average Bonchev–Trinajstić information content (AvgIpc) is 3.23. The molecule has 3 nitrogen and oxygen atoms in total. The molecule has 5 aromatic rings. The maximum absolute atomic E-state index is 5.26.